The fraction of sp³-hybridized carbons (Fsp3) is 0.412. The number of hydrogen-bond acceptors (Lipinski definition) is 4. The normalized spacial score (nSPS) is 15.8. The van der Waals surface area contributed by atoms with Crippen molar-refractivity contribution in [3.8, 4) is 5.75 Å². The minimum absolute atomic E-state index is 0.635. The predicted molar refractivity (Wildman–Crippen MR) is 88.7 cm³/mol. The molecule has 1 aromatic carbocycles. The molecule has 0 atom stereocenters. The molecule has 0 saturated carbocycles. The van der Waals surface area contributed by atoms with Gasteiger partial charge in [0, 0.05) is 13.1 Å². The third-order valence-electron chi connectivity index (χ3n) is 4.25. The molecular formula is C17H20ClN3O. The number of methoxy groups -OCH3 is 1. The summed E-state index contributed by atoms with van der Waals surface area (Å²) in [5.41, 5.74) is 1.37. The summed E-state index contributed by atoms with van der Waals surface area (Å²) in [6.07, 6.45) is 6.66. The van der Waals surface area contributed by atoms with E-state index in [1.807, 2.05) is 12.1 Å². The monoisotopic (exact) mass is 317 g/mol. The number of benzene rings is 1. The van der Waals surface area contributed by atoms with Crippen molar-refractivity contribution in [2.75, 3.05) is 25.1 Å². The molecule has 5 heteroatoms. The van der Waals surface area contributed by atoms with Gasteiger partial charge in [-0.2, -0.15) is 0 Å². The SMILES string of the molecule is COc1ccc(CC2CCN(c3ncncc3Cl)CC2)cc1. The van der Waals surface area contributed by atoms with Crippen LogP contribution in [0.25, 0.3) is 0 Å². The number of rotatable bonds is 4. The summed E-state index contributed by atoms with van der Waals surface area (Å²) in [5.74, 6) is 2.49. The second-order valence-corrected chi connectivity index (χ2v) is 6.08. The summed E-state index contributed by atoms with van der Waals surface area (Å²) in [6, 6.07) is 8.38. The fourth-order valence-corrected chi connectivity index (χ4v) is 3.21. The fourth-order valence-electron chi connectivity index (χ4n) is 2.98. The molecule has 2 aromatic rings. The van der Waals surface area contributed by atoms with Crippen molar-refractivity contribution < 1.29 is 4.74 Å². The van der Waals surface area contributed by atoms with Crippen LogP contribution < -0.4 is 9.64 Å². The van der Waals surface area contributed by atoms with Gasteiger partial charge in [-0.15, -0.1) is 0 Å². The molecule has 0 aliphatic carbocycles. The largest absolute Gasteiger partial charge is 0.497 e. The van der Waals surface area contributed by atoms with E-state index in [0.29, 0.717) is 10.9 Å². The summed E-state index contributed by atoms with van der Waals surface area (Å²) in [4.78, 5) is 10.5. The number of ether oxygens (including phenoxy) is 1. The van der Waals surface area contributed by atoms with Crippen LogP contribution in [0.2, 0.25) is 5.02 Å². The molecule has 0 spiro atoms. The highest BCUT2D eigenvalue weighted by molar-refractivity contribution is 6.32. The molecule has 2 heterocycles. The molecule has 1 aromatic heterocycles. The minimum Gasteiger partial charge on any atom is -0.497 e. The molecule has 4 nitrogen and oxygen atoms in total. The topological polar surface area (TPSA) is 38.2 Å². The Kier molecular flexibility index (Phi) is 4.78. The number of anilines is 1. The first-order valence-electron chi connectivity index (χ1n) is 7.59. The Hall–Kier alpha value is -1.81. The van der Waals surface area contributed by atoms with Crippen molar-refractivity contribution in [1.29, 1.82) is 0 Å². The van der Waals surface area contributed by atoms with E-state index in [1.165, 1.54) is 5.56 Å². The number of piperidine rings is 1. The van der Waals surface area contributed by atoms with Gasteiger partial charge in [0.25, 0.3) is 0 Å². The van der Waals surface area contributed by atoms with Crippen molar-refractivity contribution in [3.05, 3.63) is 47.4 Å². The Morgan fingerprint density at radius 2 is 1.95 bits per heavy atom. The summed E-state index contributed by atoms with van der Waals surface area (Å²) < 4.78 is 5.20. The first-order valence-corrected chi connectivity index (χ1v) is 7.97. The summed E-state index contributed by atoms with van der Waals surface area (Å²) >= 11 is 6.17. The minimum atomic E-state index is 0.635. The van der Waals surface area contributed by atoms with Gasteiger partial charge in [0.1, 0.15) is 17.1 Å². The van der Waals surface area contributed by atoms with Crippen LogP contribution in [0, 0.1) is 5.92 Å². The van der Waals surface area contributed by atoms with Crippen molar-refractivity contribution in [2.45, 2.75) is 19.3 Å². The number of nitrogens with zero attached hydrogens (tertiary/aromatic N) is 3. The van der Waals surface area contributed by atoms with E-state index in [1.54, 1.807) is 19.6 Å². The van der Waals surface area contributed by atoms with Gasteiger partial charge in [0.15, 0.2) is 5.82 Å². The zero-order chi connectivity index (χ0) is 15.4. The molecule has 1 fully saturated rings. The highest BCUT2D eigenvalue weighted by atomic mass is 35.5. The molecule has 22 heavy (non-hydrogen) atoms. The third kappa shape index (κ3) is 3.50. The Morgan fingerprint density at radius 1 is 1.23 bits per heavy atom. The molecule has 1 aliphatic heterocycles. The van der Waals surface area contributed by atoms with E-state index >= 15 is 0 Å². The van der Waals surface area contributed by atoms with Gasteiger partial charge in [0.2, 0.25) is 0 Å². The lowest BCUT2D eigenvalue weighted by molar-refractivity contribution is 0.400. The summed E-state index contributed by atoms with van der Waals surface area (Å²) in [6.45, 7) is 2.00. The van der Waals surface area contributed by atoms with E-state index in [4.69, 9.17) is 16.3 Å². The van der Waals surface area contributed by atoms with Gasteiger partial charge in [0.05, 0.1) is 13.3 Å². The molecule has 3 rings (SSSR count). The van der Waals surface area contributed by atoms with Crippen molar-refractivity contribution in [1.82, 2.24) is 9.97 Å². The van der Waals surface area contributed by atoms with Crippen LogP contribution in [0.1, 0.15) is 18.4 Å². The van der Waals surface area contributed by atoms with Crippen LogP contribution in [0.5, 0.6) is 5.75 Å². The first kappa shape index (κ1) is 15.1. The molecule has 116 valence electrons. The zero-order valence-corrected chi connectivity index (χ0v) is 13.5. The highest BCUT2D eigenvalue weighted by Crippen LogP contribution is 2.28. The quantitative estimate of drug-likeness (QED) is 0.863. The number of aromatic nitrogens is 2. The first-order chi connectivity index (χ1) is 10.8. The summed E-state index contributed by atoms with van der Waals surface area (Å²) in [5, 5.41) is 0.635. The molecule has 0 amide bonds. The van der Waals surface area contributed by atoms with Gasteiger partial charge in [-0.05, 0) is 42.9 Å². The maximum Gasteiger partial charge on any atom is 0.150 e. The van der Waals surface area contributed by atoms with Crippen LogP contribution in [0.4, 0.5) is 5.82 Å². The van der Waals surface area contributed by atoms with Gasteiger partial charge in [-0.1, -0.05) is 23.7 Å². The lowest BCUT2D eigenvalue weighted by atomic mass is 9.90. The van der Waals surface area contributed by atoms with Gasteiger partial charge in [-0.25, -0.2) is 9.97 Å². The second-order valence-electron chi connectivity index (χ2n) is 5.68. The maximum atomic E-state index is 6.17. The second kappa shape index (κ2) is 6.97. The van der Waals surface area contributed by atoms with E-state index in [2.05, 4.69) is 27.0 Å². The lowest BCUT2D eigenvalue weighted by Crippen LogP contribution is -2.35. The molecular weight excluding hydrogens is 298 g/mol. The zero-order valence-electron chi connectivity index (χ0n) is 12.7. The number of halogens is 1. The van der Waals surface area contributed by atoms with Crippen molar-refractivity contribution in [2.24, 2.45) is 5.92 Å². The molecule has 1 aliphatic rings. The third-order valence-corrected chi connectivity index (χ3v) is 4.51. The van der Waals surface area contributed by atoms with Crippen molar-refractivity contribution in [3.63, 3.8) is 0 Å². The molecule has 0 unspecified atom stereocenters. The average Bonchev–Trinajstić information content (AvgIpc) is 2.57. The Bertz CT molecular complexity index is 610. The number of hydrogen-bond donors (Lipinski definition) is 0. The van der Waals surface area contributed by atoms with Crippen molar-refractivity contribution >= 4 is 17.4 Å². The predicted octanol–water partition coefficient (Wildman–Crippen LogP) is 3.60. The van der Waals surface area contributed by atoms with Crippen LogP contribution in [0.15, 0.2) is 36.8 Å². The molecule has 0 bridgehead atoms. The maximum absolute atomic E-state index is 6.17. The van der Waals surface area contributed by atoms with Gasteiger partial charge < -0.3 is 9.64 Å². The van der Waals surface area contributed by atoms with Crippen LogP contribution in [0.3, 0.4) is 0 Å². The summed E-state index contributed by atoms with van der Waals surface area (Å²) in [7, 11) is 1.70. The van der Waals surface area contributed by atoms with Gasteiger partial charge >= 0.3 is 0 Å². The van der Waals surface area contributed by atoms with E-state index in [-0.39, 0.29) is 0 Å². The molecule has 0 radical (unpaired) electrons. The van der Waals surface area contributed by atoms with Crippen LogP contribution in [-0.4, -0.2) is 30.2 Å². The Labute approximate surface area is 136 Å². The average molecular weight is 318 g/mol. The lowest BCUT2D eigenvalue weighted by Gasteiger charge is -2.33. The van der Waals surface area contributed by atoms with E-state index in [9.17, 15) is 0 Å². The van der Waals surface area contributed by atoms with Crippen LogP contribution >= 0.6 is 11.6 Å². The Morgan fingerprint density at radius 3 is 2.59 bits per heavy atom. The highest BCUT2D eigenvalue weighted by Gasteiger charge is 2.21. The van der Waals surface area contributed by atoms with E-state index < -0.39 is 0 Å². The van der Waals surface area contributed by atoms with E-state index in [0.717, 1.165) is 43.9 Å². The Balaban J connectivity index is 1.56. The molecule has 1 saturated heterocycles. The smallest absolute Gasteiger partial charge is 0.150 e. The standard InChI is InChI=1S/C17H20ClN3O/c1-22-15-4-2-13(3-5-15)10-14-6-8-21(9-7-14)17-16(18)11-19-12-20-17/h2-5,11-12,14H,6-10H2,1H3. The van der Waals surface area contributed by atoms with Crippen LogP contribution in [-0.2, 0) is 6.42 Å². The molecule has 0 N–H and O–H groups in total. The van der Waals surface area contributed by atoms with Gasteiger partial charge in [-0.3, -0.25) is 0 Å².